The van der Waals surface area contributed by atoms with Crippen LogP contribution in [0.5, 0.6) is 0 Å². The lowest BCUT2D eigenvalue weighted by Gasteiger charge is -2.17. The predicted octanol–water partition coefficient (Wildman–Crippen LogP) is 4.14. The Bertz CT molecular complexity index is 540. The SMILES string of the molecule is Cc1cc(C(C)Nc2ccc(N(C)C)cc2)c(C)o1. The second-order valence-electron chi connectivity index (χ2n) is 5.18. The van der Waals surface area contributed by atoms with Gasteiger partial charge in [-0.05, 0) is 51.1 Å². The molecule has 0 spiro atoms. The second-order valence-corrected chi connectivity index (χ2v) is 5.18. The molecule has 0 aliphatic heterocycles. The smallest absolute Gasteiger partial charge is 0.106 e. The zero-order valence-electron chi connectivity index (χ0n) is 12.3. The monoisotopic (exact) mass is 258 g/mol. The first-order chi connectivity index (χ1) is 8.97. The van der Waals surface area contributed by atoms with E-state index in [0.717, 1.165) is 17.2 Å². The van der Waals surface area contributed by atoms with Crippen molar-refractivity contribution in [1.29, 1.82) is 0 Å². The maximum atomic E-state index is 5.58. The molecule has 0 saturated carbocycles. The Labute approximate surface area is 115 Å². The zero-order valence-corrected chi connectivity index (χ0v) is 12.3. The minimum absolute atomic E-state index is 0.239. The molecule has 0 aliphatic carbocycles. The molecule has 1 aromatic heterocycles. The molecule has 0 saturated heterocycles. The third-order valence-electron chi connectivity index (χ3n) is 3.31. The first-order valence-corrected chi connectivity index (χ1v) is 6.58. The molecule has 0 radical (unpaired) electrons. The molecule has 2 rings (SSSR count). The van der Waals surface area contributed by atoms with Gasteiger partial charge in [0.25, 0.3) is 0 Å². The molecule has 0 fully saturated rings. The zero-order chi connectivity index (χ0) is 14.0. The maximum Gasteiger partial charge on any atom is 0.106 e. The fourth-order valence-electron chi connectivity index (χ4n) is 2.26. The molecule has 1 heterocycles. The molecule has 3 nitrogen and oxygen atoms in total. The summed E-state index contributed by atoms with van der Waals surface area (Å²) < 4.78 is 5.58. The van der Waals surface area contributed by atoms with Crippen molar-refractivity contribution in [2.75, 3.05) is 24.3 Å². The topological polar surface area (TPSA) is 28.4 Å². The summed E-state index contributed by atoms with van der Waals surface area (Å²) in [5.74, 6) is 1.95. The van der Waals surface area contributed by atoms with Gasteiger partial charge in [0.05, 0.1) is 6.04 Å². The number of rotatable bonds is 4. The van der Waals surface area contributed by atoms with Crippen LogP contribution in [0.1, 0.15) is 30.0 Å². The molecule has 1 unspecified atom stereocenters. The van der Waals surface area contributed by atoms with E-state index in [1.54, 1.807) is 0 Å². The quantitative estimate of drug-likeness (QED) is 0.893. The number of nitrogens with one attached hydrogen (secondary N) is 1. The van der Waals surface area contributed by atoms with Crippen LogP contribution >= 0.6 is 0 Å². The standard InChI is InChI=1S/C16H22N2O/c1-11-10-16(13(3)19-11)12(2)17-14-6-8-15(9-7-14)18(4)5/h6-10,12,17H,1-5H3. The fourth-order valence-corrected chi connectivity index (χ4v) is 2.26. The third kappa shape index (κ3) is 3.11. The van der Waals surface area contributed by atoms with Gasteiger partial charge in [0.15, 0.2) is 0 Å². The van der Waals surface area contributed by atoms with Crippen molar-refractivity contribution < 1.29 is 4.42 Å². The van der Waals surface area contributed by atoms with E-state index in [0.29, 0.717) is 0 Å². The van der Waals surface area contributed by atoms with Gasteiger partial charge in [0.1, 0.15) is 11.5 Å². The third-order valence-corrected chi connectivity index (χ3v) is 3.31. The lowest BCUT2D eigenvalue weighted by atomic mass is 10.1. The van der Waals surface area contributed by atoms with E-state index in [9.17, 15) is 0 Å². The van der Waals surface area contributed by atoms with Crippen LogP contribution in [0, 0.1) is 13.8 Å². The largest absolute Gasteiger partial charge is 0.466 e. The van der Waals surface area contributed by atoms with Gasteiger partial charge >= 0.3 is 0 Å². The van der Waals surface area contributed by atoms with Crippen molar-refractivity contribution in [2.24, 2.45) is 0 Å². The Morgan fingerprint density at radius 2 is 1.74 bits per heavy atom. The number of benzene rings is 1. The normalized spacial score (nSPS) is 12.3. The Morgan fingerprint density at radius 1 is 1.11 bits per heavy atom. The van der Waals surface area contributed by atoms with E-state index in [1.165, 1.54) is 11.3 Å². The summed E-state index contributed by atoms with van der Waals surface area (Å²) in [5.41, 5.74) is 3.54. The lowest BCUT2D eigenvalue weighted by Crippen LogP contribution is -2.09. The number of hydrogen-bond acceptors (Lipinski definition) is 3. The van der Waals surface area contributed by atoms with E-state index in [4.69, 9.17) is 4.42 Å². The summed E-state index contributed by atoms with van der Waals surface area (Å²) in [6.45, 7) is 6.14. The van der Waals surface area contributed by atoms with E-state index >= 15 is 0 Å². The number of furan rings is 1. The van der Waals surface area contributed by atoms with Gasteiger partial charge in [-0.1, -0.05) is 0 Å². The van der Waals surface area contributed by atoms with E-state index < -0.39 is 0 Å². The first-order valence-electron chi connectivity index (χ1n) is 6.58. The van der Waals surface area contributed by atoms with Crippen molar-refractivity contribution in [3.63, 3.8) is 0 Å². The van der Waals surface area contributed by atoms with Crippen LogP contribution in [0.2, 0.25) is 0 Å². The summed E-state index contributed by atoms with van der Waals surface area (Å²) in [6, 6.07) is 10.8. The molecule has 3 heteroatoms. The average molecular weight is 258 g/mol. The summed E-state index contributed by atoms with van der Waals surface area (Å²) in [4.78, 5) is 2.09. The highest BCUT2D eigenvalue weighted by atomic mass is 16.3. The van der Waals surface area contributed by atoms with Crippen molar-refractivity contribution in [3.05, 3.63) is 47.4 Å². The second kappa shape index (κ2) is 5.39. The molecule has 1 N–H and O–H groups in total. The molecule has 0 amide bonds. The number of anilines is 2. The lowest BCUT2D eigenvalue weighted by molar-refractivity contribution is 0.500. The van der Waals surface area contributed by atoms with Crippen LogP contribution in [-0.4, -0.2) is 14.1 Å². The van der Waals surface area contributed by atoms with Gasteiger partial charge < -0.3 is 14.6 Å². The van der Waals surface area contributed by atoms with E-state index in [-0.39, 0.29) is 6.04 Å². The van der Waals surface area contributed by atoms with Gasteiger partial charge in [-0.15, -0.1) is 0 Å². The van der Waals surface area contributed by atoms with Crippen LogP contribution in [0.3, 0.4) is 0 Å². The molecule has 102 valence electrons. The van der Waals surface area contributed by atoms with Crippen molar-refractivity contribution in [2.45, 2.75) is 26.8 Å². The van der Waals surface area contributed by atoms with Crippen molar-refractivity contribution in [3.8, 4) is 0 Å². The summed E-state index contributed by atoms with van der Waals surface area (Å²) in [6.07, 6.45) is 0. The Hall–Kier alpha value is -1.90. The van der Waals surface area contributed by atoms with Crippen LogP contribution in [0.4, 0.5) is 11.4 Å². The Morgan fingerprint density at radius 3 is 2.21 bits per heavy atom. The highest BCUT2D eigenvalue weighted by molar-refractivity contribution is 5.55. The summed E-state index contributed by atoms with van der Waals surface area (Å²) in [7, 11) is 4.09. The Kier molecular flexibility index (Phi) is 3.84. The predicted molar refractivity (Wildman–Crippen MR) is 81.0 cm³/mol. The average Bonchev–Trinajstić information content (AvgIpc) is 2.69. The van der Waals surface area contributed by atoms with Crippen LogP contribution in [-0.2, 0) is 0 Å². The van der Waals surface area contributed by atoms with Gasteiger partial charge in [0.2, 0.25) is 0 Å². The fraction of sp³-hybridized carbons (Fsp3) is 0.375. The van der Waals surface area contributed by atoms with Crippen molar-refractivity contribution >= 4 is 11.4 Å². The van der Waals surface area contributed by atoms with Crippen LogP contribution in [0.25, 0.3) is 0 Å². The highest BCUT2D eigenvalue weighted by Crippen LogP contribution is 2.25. The van der Waals surface area contributed by atoms with Gasteiger partial charge in [0, 0.05) is 31.0 Å². The minimum atomic E-state index is 0.239. The number of hydrogen-bond donors (Lipinski definition) is 1. The summed E-state index contributed by atoms with van der Waals surface area (Å²) >= 11 is 0. The van der Waals surface area contributed by atoms with Gasteiger partial charge in [-0.2, -0.15) is 0 Å². The molecule has 0 aliphatic rings. The molecule has 0 bridgehead atoms. The van der Waals surface area contributed by atoms with Crippen LogP contribution in [0.15, 0.2) is 34.7 Å². The molecular formula is C16H22N2O. The van der Waals surface area contributed by atoms with Gasteiger partial charge in [-0.25, -0.2) is 0 Å². The summed E-state index contributed by atoms with van der Waals surface area (Å²) in [5, 5.41) is 3.50. The maximum absolute atomic E-state index is 5.58. The van der Waals surface area contributed by atoms with Crippen LogP contribution < -0.4 is 10.2 Å². The molecule has 19 heavy (non-hydrogen) atoms. The Balaban J connectivity index is 2.10. The van der Waals surface area contributed by atoms with E-state index in [1.807, 2.05) is 27.9 Å². The molecular weight excluding hydrogens is 236 g/mol. The van der Waals surface area contributed by atoms with Crippen molar-refractivity contribution in [1.82, 2.24) is 0 Å². The minimum Gasteiger partial charge on any atom is -0.466 e. The first kappa shape index (κ1) is 13.5. The molecule has 1 atom stereocenters. The highest BCUT2D eigenvalue weighted by Gasteiger charge is 2.12. The number of aryl methyl sites for hydroxylation is 2. The van der Waals surface area contributed by atoms with E-state index in [2.05, 4.69) is 47.5 Å². The number of nitrogens with zero attached hydrogens (tertiary/aromatic N) is 1. The molecule has 2 aromatic rings. The van der Waals surface area contributed by atoms with Gasteiger partial charge in [-0.3, -0.25) is 0 Å². The molecule has 1 aromatic carbocycles.